The Kier molecular flexibility index (Phi) is 5.76. The number of ether oxygens (including phenoxy) is 4. The van der Waals surface area contributed by atoms with Crippen molar-refractivity contribution >= 4 is 23.2 Å². The van der Waals surface area contributed by atoms with Crippen LogP contribution in [0.2, 0.25) is 5.02 Å². The van der Waals surface area contributed by atoms with Crippen molar-refractivity contribution in [2.45, 2.75) is 0 Å². The summed E-state index contributed by atoms with van der Waals surface area (Å²) in [7, 11) is 6.00. The number of benzene rings is 2. The Morgan fingerprint density at radius 1 is 0.875 bits per heavy atom. The number of hydrogen-bond donors (Lipinski definition) is 1. The molecule has 0 unspecified atom stereocenters. The Labute approximate surface area is 145 Å². The average molecular weight is 352 g/mol. The van der Waals surface area contributed by atoms with Crippen LogP contribution in [0.15, 0.2) is 30.3 Å². The molecule has 7 heteroatoms. The lowest BCUT2D eigenvalue weighted by Crippen LogP contribution is -2.14. The van der Waals surface area contributed by atoms with Gasteiger partial charge in [0.05, 0.1) is 44.7 Å². The minimum absolute atomic E-state index is 0.325. The molecule has 0 fully saturated rings. The van der Waals surface area contributed by atoms with Crippen LogP contribution in [0, 0.1) is 0 Å². The maximum atomic E-state index is 12.6. The zero-order valence-corrected chi connectivity index (χ0v) is 14.6. The van der Waals surface area contributed by atoms with Crippen molar-refractivity contribution in [2.24, 2.45) is 0 Å². The molecule has 0 aliphatic carbocycles. The lowest BCUT2D eigenvalue weighted by atomic mass is 10.1. The van der Waals surface area contributed by atoms with Gasteiger partial charge in [0, 0.05) is 6.07 Å². The topological polar surface area (TPSA) is 66.0 Å². The summed E-state index contributed by atoms with van der Waals surface area (Å²) in [5.41, 5.74) is 0.740. The van der Waals surface area contributed by atoms with E-state index in [1.54, 1.807) is 30.3 Å². The molecule has 0 atom stereocenters. The Bertz CT molecular complexity index is 748. The summed E-state index contributed by atoms with van der Waals surface area (Å²) < 4.78 is 20.8. The van der Waals surface area contributed by atoms with Crippen LogP contribution in [0.4, 0.5) is 5.69 Å². The Morgan fingerprint density at radius 2 is 1.54 bits per heavy atom. The van der Waals surface area contributed by atoms with Gasteiger partial charge < -0.3 is 24.3 Å². The third-order valence-corrected chi connectivity index (χ3v) is 3.67. The van der Waals surface area contributed by atoms with Crippen molar-refractivity contribution in [3.05, 3.63) is 40.9 Å². The van der Waals surface area contributed by atoms with E-state index in [0.29, 0.717) is 39.3 Å². The van der Waals surface area contributed by atoms with E-state index < -0.39 is 0 Å². The van der Waals surface area contributed by atoms with Crippen LogP contribution in [-0.4, -0.2) is 34.3 Å². The molecule has 6 nitrogen and oxygen atoms in total. The average Bonchev–Trinajstić information content (AvgIpc) is 2.61. The molecule has 0 saturated heterocycles. The predicted octanol–water partition coefficient (Wildman–Crippen LogP) is 3.63. The van der Waals surface area contributed by atoms with Gasteiger partial charge in [0.15, 0.2) is 0 Å². The number of hydrogen-bond acceptors (Lipinski definition) is 5. The van der Waals surface area contributed by atoms with Gasteiger partial charge in [-0.2, -0.15) is 0 Å². The Morgan fingerprint density at radius 3 is 2.12 bits per heavy atom. The van der Waals surface area contributed by atoms with Crippen LogP contribution >= 0.6 is 11.6 Å². The summed E-state index contributed by atoms with van der Waals surface area (Å²) in [6, 6.07) is 8.11. The second-order valence-corrected chi connectivity index (χ2v) is 5.11. The smallest absolute Gasteiger partial charge is 0.259 e. The first-order chi connectivity index (χ1) is 11.5. The molecule has 24 heavy (non-hydrogen) atoms. The van der Waals surface area contributed by atoms with Crippen molar-refractivity contribution in [1.82, 2.24) is 0 Å². The zero-order chi connectivity index (χ0) is 17.7. The van der Waals surface area contributed by atoms with Gasteiger partial charge in [-0.05, 0) is 24.3 Å². The van der Waals surface area contributed by atoms with E-state index in [9.17, 15) is 4.79 Å². The van der Waals surface area contributed by atoms with E-state index in [4.69, 9.17) is 30.5 Å². The molecule has 0 bridgehead atoms. The second-order valence-electron chi connectivity index (χ2n) is 4.71. The van der Waals surface area contributed by atoms with Crippen molar-refractivity contribution in [1.29, 1.82) is 0 Å². The fraction of sp³-hybridized carbons (Fsp3) is 0.235. The van der Waals surface area contributed by atoms with Gasteiger partial charge in [0.2, 0.25) is 0 Å². The minimum Gasteiger partial charge on any atom is -0.497 e. The maximum absolute atomic E-state index is 12.6. The monoisotopic (exact) mass is 351 g/mol. The summed E-state index contributed by atoms with van der Waals surface area (Å²) >= 11 is 6.12. The van der Waals surface area contributed by atoms with Gasteiger partial charge >= 0.3 is 0 Å². The summed E-state index contributed by atoms with van der Waals surface area (Å²) in [5, 5.41) is 3.11. The maximum Gasteiger partial charge on any atom is 0.259 e. The fourth-order valence-electron chi connectivity index (χ4n) is 2.14. The highest BCUT2D eigenvalue weighted by atomic mass is 35.5. The van der Waals surface area contributed by atoms with Crippen LogP contribution in [0.1, 0.15) is 10.4 Å². The number of nitrogens with one attached hydrogen (secondary N) is 1. The third-order valence-electron chi connectivity index (χ3n) is 3.37. The van der Waals surface area contributed by atoms with Crippen molar-refractivity contribution in [3.8, 4) is 23.0 Å². The van der Waals surface area contributed by atoms with Gasteiger partial charge in [-0.3, -0.25) is 4.79 Å². The van der Waals surface area contributed by atoms with Crippen molar-refractivity contribution in [3.63, 3.8) is 0 Å². The van der Waals surface area contributed by atoms with Crippen LogP contribution in [0.5, 0.6) is 23.0 Å². The Balaban J connectivity index is 2.38. The summed E-state index contributed by atoms with van der Waals surface area (Å²) in [6.45, 7) is 0. The zero-order valence-electron chi connectivity index (χ0n) is 13.8. The van der Waals surface area contributed by atoms with E-state index in [1.165, 1.54) is 28.4 Å². The molecule has 0 aliphatic heterocycles. The minimum atomic E-state index is -0.384. The van der Waals surface area contributed by atoms with E-state index in [0.717, 1.165) is 0 Å². The number of carbonyl (C=O) groups is 1. The highest BCUT2D eigenvalue weighted by Crippen LogP contribution is 2.36. The van der Waals surface area contributed by atoms with E-state index in [2.05, 4.69) is 5.32 Å². The van der Waals surface area contributed by atoms with Gasteiger partial charge in [-0.15, -0.1) is 0 Å². The fourth-order valence-corrected chi connectivity index (χ4v) is 2.38. The standard InChI is InChI=1S/C17H18ClNO5/c1-21-10-5-6-14(22-2)11(7-10)17(20)19-13-8-12(18)15(23-3)9-16(13)24-4/h5-9H,1-4H3,(H,19,20). The highest BCUT2D eigenvalue weighted by Gasteiger charge is 2.17. The molecule has 0 aliphatic rings. The molecular formula is C17H18ClNO5. The number of rotatable bonds is 6. The Hall–Kier alpha value is -2.60. The molecule has 2 rings (SSSR count). The van der Waals surface area contributed by atoms with Crippen LogP contribution in [0.3, 0.4) is 0 Å². The summed E-state index contributed by atoms with van der Waals surface area (Å²) in [4.78, 5) is 12.6. The summed E-state index contributed by atoms with van der Waals surface area (Å²) in [5.74, 6) is 1.45. The van der Waals surface area contributed by atoms with Crippen LogP contribution < -0.4 is 24.3 Å². The molecule has 0 radical (unpaired) electrons. The predicted molar refractivity (Wildman–Crippen MR) is 92.1 cm³/mol. The second kappa shape index (κ2) is 7.79. The first kappa shape index (κ1) is 17.7. The quantitative estimate of drug-likeness (QED) is 0.860. The summed E-state index contributed by atoms with van der Waals surface area (Å²) in [6.07, 6.45) is 0. The van der Waals surface area contributed by atoms with Crippen molar-refractivity contribution in [2.75, 3.05) is 33.8 Å². The molecule has 2 aromatic rings. The molecule has 0 aromatic heterocycles. The largest absolute Gasteiger partial charge is 0.497 e. The molecule has 1 N–H and O–H groups in total. The molecule has 128 valence electrons. The number of amides is 1. The first-order valence-corrected chi connectivity index (χ1v) is 7.36. The van der Waals surface area contributed by atoms with E-state index >= 15 is 0 Å². The van der Waals surface area contributed by atoms with E-state index in [-0.39, 0.29) is 5.91 Å². The molecule has 2 aromatic carbocycles. The van der Waals surface area contributed by atoms with Gasteiger partial charge in [0.1, 0.15) is 23.0 Å². The molecule has 0 heterocycles. The van der Waals surface area contributed by atoms with Gasteiger partial charge in [-0.1, -0.05) is 11.6 Å². The molecule has 1 amide bonds. The normalized spacial score (nSPS) is 10.0. The lowest BCUT2D eigenvalue weighted by Gasteiger charge is -2.14. The highest BCUT2D eigenvalue weighted by molar-refractivity contribution is 6.32. The molecule has 0 spiro atoms. The third kappa shape index (κ3) is 3.65. The van der Waals surface area contributed by atoms with Crippen LogP contribution in [-0.2, 0) is 0 Å². The number of anilines is 1. The van der Waals surface area contributed by atoms with Gasteiger partial charge in [0.25, 0.3) is 5.91 Å². The van der Waals surface area contributed by atoms with Crippen LogP contribution in [0.25, 0.3) is 0 Å². The van der Waals surface area contributed by atoms with Gasteiger partial charge in [-0.25, -0.2) is 0 Å². The van der Waals surface area contributed by atoms with E-state index in [1.807, 2.05) is 0 Å². The number of methoxy groups -OCH3 is 4. The van der Waals surface area contributed by atoms with Crippen molar-refractivity contribution < 1.29 is 23.7 Å². The SMILES string of the molecule is COc1ccc(OC)c(C(=O)Nc2cc(Cl)c(OC)cc2OC)c1. The molecule has 0 saturated carbocycles. The lowest BCUT2D eigenvalue weighted by molar-refractivity contribution is 0.102. The number of carbonyl (C=O) groups excluding carboxylic acids is 1. The molecular weight excluding hydrogens is 334 g/mol. The first-order valence-electron chi connectivity index (χ1n) is 6.99. The number of halogens is 1.